The van der Waals surface area contributed by atoms with Crippen LogP contribution in [0, 0.1) is 11.8 Å². The average molecular weight is 573 g/mol. The minimum atomic E-state index is -0.938. The zero-order valence-electron chi connectivity index (χ0n) is 24.5. The number of amides is 3. The highest BCUT2D eigenvalue weighted by atomic mass is 16.3. The van der Waals surface area contributed by atoms with E-state index in [1.54, 1.807) is 0 Å². The van der Waals surface area contributed by atoms with Crippen molar-refractivity contribution in [3.05, 3.63) is 108 Å². The Hall–Kier alpha value is -4.01. The quantitative estimate of drug-likeness (QED) is 0.179. The van der Waals surface area contributed by atoms with E-state index in [-0.39, 0.29) is 24.7 Å². The van der Waals surface area contributed by atoms with Crippen molar-refractivity contribution in [2.24, 2.45) is 23.3 Å². The standard InChI is InChI=1S/C34H44N4O4/c1-23(2)18-30(34(42)37-29(32(36)40)21-26-16-10-5-11-17-26)38-33(41)27(19-24-12-6-3-7-13-24)22-31(39)28(35)20-25-14-8-4-9-15-25/h3-17,23,27-31,39H,18-22,35H2,1-2H3,(H2,36,40)(H,37,42)(H,38,41)/t27?,28-,29-,30+,31-/m0/s1. The highest BCUT2D eigenvalue weighted by Crippen LogP contribution is 2.19. The molecule has 0 radical (unpaired) electrons. The number of hydrogen-bond donors (Lipinski definition) is 5. The molecule has 42 heavy (non-hydrogen) atoms. The summed E-state index contributed by atoms with van der Waals surface area (Å²) >= 11 is 0. The van der Waals surface area contributed by atoms with Gasteiger partial charge in [-0.2, -0.15) is 0 Å². The van der Waals surface area contributed by atoms with Gasteiger partial charge in [0.05, 0.1) is 6.10 Å². The Kier molecular flexibility index (Phi) is 12.7. The van der Waals surface area contributed by atoms with Crippen LogP contribution in [0.3, 0.4) is 0 Å². The van der Waals surface area contributed by atoms with Crippen LogP contribution >= 0.6 is 0 Å². The van der Waals surface area contributed by atoms with Gasteiger partial charge in [-0.25, -0.2) is 0 Å². The van der Waals surface area contributed by atoms with Gasteiger partial charge in [0.1, 0.15) is 12.1 Å². The van der Waals surface area contributed by atoms with Crippen LogP contribution in [0.4, 0.5) is 0 Å². The Morgan fingerprint density at radius 3 is 1.60 bits per heavy atom. The monoisotopic (exact) mass is 572 g/mol. The molecule has 3 amide bonds. The SMILES string of the molecule is CC(C)C[C@@H](NC(=O)C(Cc1ccccc1)C[C@H](O)[C@@H](N)Cc1ccccc1)C(=O)N[C@@H](Cc1ccccc1)C(N)=O. The fourth-order valence-corrected chi connectivity index (χ4v) is 5.01. The molecule has 0 heterocycles. The number of carbonyl (C=O) groups excluding carboxylic acids is 3. The number of carbonyl (C=O) groups is 3. The lowest BCUT2D eigenvalue weighted by Gasteiger charge is -2.27. The van der Waals surface area contributed by atoms with Crippen LogP contribution in [0.5, 0.6) is 0 Å². The zero-order chi connectivity index (χ0) is 30.5. The molecular weight excluding hydrogens is 528 g/mol. The Labute approximate surface area is 248 Å². The van der Waals surface area contributed by atoms with Crippen LogP contribution in [0.15, 0.2) is 91.0 Å². The number of nitrogens with two attached hydrogens (primary N) is 2. The maximum atomic E-state index is 13.7. The van der Waals surface area contributed by atoms with E-state index in [2.05, 4.69) is 10.6 Å². The maximum Gasteiger partial charge on any atom is 0.243 e. The molecule has 0 fully saturated rings. The molecule has 5 atom stereocenters. The molecule has 0 saturated heterocycles. The minimum Gasteiger partial charge on any atom is -0.391 e. The van der Waals surface area contributed by atoms with Gasteiger partial charge in [0.2, 0.25) is 17.7 Å². The van der Waals surface area contributed by atoms with Crippen molar-refractivity contribution in [3.63, 3.8) is 0 Å². The first-order chi connectivity index (χ1) is 20.1. The minimum absolute atomic E-state index is 0.0830. The summed E-state index contributed by atoms with van der Waals surface area (Å²) in [6.45, 7) is 3.91. The molecule has 0 aliphatic rings. The van der Waals surface area contributed by atoms with Gasteiger partial charge in [-0.1, -0.05) is 105 Å². The number of aliphatic hydroxyl groups is 1. The fourth-order valence-electron chi connectivity index (χ4n) is 5.01. The lowest BCUT2D eigenvalue weighted by Crippen LogP contribution is -2.55. The molecule has 0 spiro atoms. The van der Waals surface area contributed by atoms with Crippen LogP contribution in [0.2, 0.25) is 0 Å². The molecule has 0 saturated carbocycles. The zero-order valence-corrected chi connectivity index (χ0v) is 24.5. The normalized spacial score (nSPS) is 14.8. The van der Waals surface area contributed by atoms with Gasteiger partial charge in [0.25, 0.3) is 0 Å². The molecule has 1 unspecified atom stereocenters. The molecule has 7 N–H and O–H groups in total. The first-order valence-electron chi connectivity index (χ1n) is 14.6. The van der Waals surface area contributed by atoms with E-state index < -0.39 is 42.0 Å². The lowest BCUT2D eigenvalue weighted by molar-refractivity contribution is -0.133. The summed E-state index contributed by atoms with van der Waals surface area (Å²) in [5.41, 5.74) is 14.8. The van der Waals surface area contributed by atoms with Crippen molar-refractivity contribution in [1.29, 1.82) is 0 Å². The first kappa shape index (κ1) is 32.5. The number of rotatable bonds is 16. The number of nitrogens with one attached hydrogen (secondary N) is 2. The van der Waals surface area contributed by atoms with E-state index in [9.17, 15) is 19.5 Å². The molecule has 3 rings (SSSR count). The highest BCUT2D eigenvalue weighted by Gasteiger charge is 2.31. The average Bonchev–Trinajstić information content (AvgIpc) is 2.97. The van der Waals surface area contributed by atoms with Crippen LogP contribution in [0.1, 0.15) is 43.4 Å². The number of primary amides is 1. The molecule has 0 bridgehead atoms. The Morgan fingerprint density at radius 1 is 0.667 bits per heavy atom. The van der Waals surface area contributed by atoms with Gasteiger partial charge < -0.3 is 27.2 Å². The molecule has 8 heteroatoms. The van der Waals surface area contributed by atoms with E-state index >= 15 is 0 Å². The van der Waals surface area contributed by atoms with Gasteiger partial charge in [-0.05, 0) is 48.3 Å². The largest absolute Gasteiger partial charge is 0.391 e. The van der Waals surface area contributed by atoms with E-state index in [0.717, 1.165) is 16.7 Å². The molecule has 0 aliphatic heterocycles. The summed E-state index contributed by atoms with van der Waals surface area (Å²) in [6.07, 6.45) is 0.635. The van der Waals surface area contributed by atoms with Crippen molar-refractivity contribution in [2.75, 3.05) is 0 Å². The fraction of sp³-hybridized carbons (Fsp3) is 0.382. The number of hydrogen-bond acceptors (Lipinski definition) is 5. The number of aliphatic hydroxyl groups excluding tert-OH is 1. The predicted molar refractivity (Wildman–Crippen MR) is 165 cm³/mol. The topological polar surface area (TPSA) is 148 Å². The second kappa shape index (κ2) is 16.4. The van der Waals surface area contributed by atoms with E-state index in [1.165, 1.54) is 0 Å². The summed E-state index contributed by atoms with van der Waals surface area (Å²) in [5.74, 6) is -2.04. The molecule has 3 aromatic rings. The molecule has 8 nitrogen and oxygen atoms in total. The summed E-state index contributed by atoms with van der Waals surface area (Å²) < 4.78 is 0. The van der Waals surface area contributed by atoms with Crippen molar-refractivity contribution >= 4 is 17.7 Å². The van der Waals surface area contributed by atoms with E-state index in [1.807, 2.05) is 105 Å². The van der Waals surface area contributed by atoms with Gasteiger partial charge in [-0.15, -0.1) is 0 Å². The summed E-state index contributed by atoms with van der Waals surface area (Å²) in [6, 6.07) is 26.1. The van der Waals surface area contributed by atoms with Crippen molar-refractivity contribution in [3.8, 4) is 0 Å². The Bertz CT molecular complexity index is 1250. The third-order valence-electron chi connectivity index (χ3n) is 7.31. The second-order valence-corrected chi connectivity index (χ2v) is 11.4. The number of benzene rings is 3. The lowest BCUT2D eigenvalue weighted by atomic mass is 9.88. The second-order valence-electron chi connectivity index (χ2n) is 11.4. The molecular formula is C34H44N4O4. The summed E-state index contributed by atoms with van der Waals surface area (Å²) in [7, 11) is 0. The third kappa shape index (κ3) is 10.8. The van der Waals surface area contributed by atoms with E-state index in [4.69, 9.17) is 11.5 Å². The molecule has 3 aromatic carbocycles. The van der Waals surface area contributed by atoms with Gasteiger partial charge in [0.15, 0.2) is 0 Å². The smallest absolute Gasteiger partial charge is 0.243 e. The van der Waals surface area contributed by atoms with Gasteiger partial charge in [-0.3, -0.25) is 14.4 Å². The van der Waals surface area contributed by atoms with Gasteiger partial charge >= 0.3 is 0 Å². The van der Waals surface area contributed by atoms with Crippen LogP contribution < -0.4 is 22.1 Å². The first-order valence-corrected chi connectivity index (χ1v) is 14.6. The van der Waals surface area contributed by atoms with Crippen molar-refractivity contribution in [1.82, 2.24) is 10.6 Å². The van der Waals surface area contributed by atoms with Crippen LogP contribution in [-0.4, -0.2) is 47.1 Å². The predicted octanol–water partition coefficient (Wildman–Crippen LogP) is 2.91. The Morgan fingerprint density at radius 2 is 1.12 bits per heavy atom. The van der Waals surface area contributed by atoms with Crippen LogP contribution in [0.25, 0.3) is 0 Å². The summed E-state index contributed by atoms with van der Waals surface area (Å²) in [5, 5.41) is 16.7. The maximum absolute atomic E-state index is 13.7. The Balaban J connectivity index is 1.75. The molecule has 0 aromatic heterocycles. The van der Waals surface area contributed by atoms with Crippen molar-refractivity contribution in [2.45, 2.75) is 70.2 Å². The molecule has 224 valence electrons. The van der Waals surface area contributed by atoms with Crippen LogP contribution in [-0.2, 0) is 33.6 Å². The third-order valence-corrected chi connectivity index (χ3v) is 7.31. The van der Waals surface area contributed by atoms with Crippen molar-refractivity contribution < 1.29 is 19.5 Å². The highest BCUT2D eigenvalue weighted by molar-refractivity contribution is 5.92. The summed E-state index contributed by atoms with van der Waals surface area (Å²) in [4.78, 5) is 39.4. The molecule has 0 aliphatic carbocycles. The van der Waals surface area contributed by atoms with E-state index in [0.29, 0.717) is 19.3 Å². The van der Waals surface area contributed by atoms with Gasteiger partial charge in [0, 0.05) is 18.4 Å².